The number of ketones is 1. The van der Waals surface area contributed by atoms with Gasteiger partial charge in [-0.15, -0.1) is 0 Å². The number of ether oxygens (including phenoxy) is 1. The Morgan fingerprint density at radius 2 is 2.05 bits per heavy atom. The molecule has 22 heavy (non-hydrogen) atoms. The summed E-state index contributed by atoms with van der Waals surface area (Å²) in [5, 5.41) is 0. The van der Waals surface area contributed by atoms with Crippen LogP contribution in [0.15, 0.2) is 35.1 Å². The van der Waals surface area contributed by atoms with Gasteiger partial charge in [0.15, 0.2) is 14.1 Å². The summed E-state index contributed by atoms with van der Waals surface area (Å²) in [4.78, 5) is 12.6. The average Bonchev–Trinajstić information content (AvgIpc) is 2.56. The zero-order valence-corrected chi connectivity index (χ0v) is 15.8. The zero-order chi connectivity index (χ0) is 16.7. The van der Waals surface area contributed by atoms with Crippen LogP contribution in [0.2, 0.25) is 19.6 Å². The van der Waals surface area contributed by atoms with E-state index in [0.29, 0.717) is 0 Å². The number of hydrogen-bond acceptors (Lipinski definition) is 3. The molecule has 0 saturated carbocycles. The van der Waals surface area contributed by atoms with Gasteiger partial charge in [0.2, 0.25) is 0 Å². The van der Waals surface area contributed by atoms with Crippen LogP contribution in [0.4, 0.5) is 0 Å². The van der Waals surface area contributed by atoms with Crippen molar-refractivity contribution in [3.63, 3.8) is 0 Å². The lowest BCUT2D eigenvalue weighted by molar-refractivity contribution is -0.124. The maximum atomic E-state index is 12.6. The molecule has 0 aromatic rings. The molecule has 1 fully saturated rings. The highest BCUT2D eigenvalue weighted by atomic mass is 28.4. The Labute approximate surface area is 135 Å². The van der Waals surface area contributed by atoms with E-state index in [-0.39, 0.29) is 17.8 Å². The van der Waals surface area contributed by atoms with Gasteiger partial charge in [0.25, 0.3) is 0 Å². The average molecular weight is 321 g/mol. The summed E-state index contributed by atoms with van der Waals surface area (Å²) in [5.41, 5.74) is 1.63. The Hall–Kier alpha value is -1.13. The van der Waals surface area contributed by atoms with Crippen molar-refractivity contribution in [2.24, 2.45) is 5.92 Å². The molecule has 0 radical (unpaired) electrons. The fourth-order valence-electron chi connectivity index (χ4n) is 3.38. The summed E-state index contributed by atoms with van der Waals surface area (Å²) < 4.78 is 12.6. The van der Waals surface area contributed by atoms with Crippen molar-refractivity contribution in [2.45, 2.75) is 65.5 Å². The van der Waals surface area contributed by atoms with Gasteiger partial charge in [-0.1, -0.05) is 17.2 Å². The van der Waals surface area contributed by atoms with Crippen LogP contribution in [0, 0.1) is 5.92 Å². The second kappa shape index (κ2) is 5.82. The van der Waals surface area contributed by atoms with E-state index in [1.807, 2.05) is 39.8 Å². The molecule has 0 N–H and O–H groups in total. The SMILES string of the molecule is CC(C)=C/C=C1\O[C@@H]2CC(C)=CC(=O)[C@@H]2[C@]1(C)O[Si](C)(C)C. The topological polar surface area (TPSA) is 35.5 Å². The van der Waals surface area contributed by atoms with Crippen LogP contribution in [0.1, 0.15) is 34.1 Å². The van der Waals surface area contributed by atoms with E-state index < -0.39 is 13.9 Å². The first-order valence-electron chi connectivity index (χ1n) is 7.96. The highest BCUT2D eigenvalue weighted by Crippen LogP contribution is 2.47. The molecule has 122 valence electrons. The van der Waals surface area contributed by atoms with Gasteiger partial charge >= 0.3 is 0 Å². The summed E-state index contributed by atoms with van der Waals surface area (Å²) in [6.07, 6.45) is 6.48. The first-order chi connectivity index (χ1) is 10.0. The molecule has 1 saturated heterocycles. The van der Waals surface area contributed by atoms with Gasteiger partial charge in [-0.2, -0.15) is 0 Å². The Kier molecular flexibility index (Phi) is 4.55. The summed E-state index contributed by atoms with van der Waals surface area (Å²) in [6.45, 7) is 14.6. The Balaban J connectivity index is 2.47. The Morgan fingerprint density at radius 1 is 1.41 bits per heavy atom. The van der Waals surface area contributed by atoms with Crippen molar-refractivity contribution >= 4 is 14.1 Å². The molecule has 3 atom stereocenters. The van der Waals surface area contributed by atoms with Gasteiger partial charge in [-0.05, 0) is 59.5 Å². The van der Waals surface area contributed by atoms with E-state index in [4.69, 9.17) is 9.16 Å². The minimum absolute atomic E-state index is 0.101. The molecule has 0 amide bonds. The van der Waals surface area contributed by atoms with Gasteiger partial charge in [0.1, 0.15) is 17.5 Å². The van der Waals surface area contributed by atoms with E-state index in [2.05, 4.69) is 19.6 Å². The molecule has 1 aliphatic heterocycles. The number of carbonyl (C=O) groups excluding carboxylic acids is 1. The Morgan fingerprint density at radius 3 is 2.59 bits per heavy atom. The minimum Gasteiger partial charge on any atom is -0.490 e. The lowest BCUT2D eigenvalue weighted by Crippen LogP contribution is -2.49. The van der Waals surface area contributed by atoms with Gasteiger partial charge in [-0.3, -0.25) is 4.79 Å². The van der Waals surface area contributed by atoms with Crippen LogP contribution >= 0.6 is 0 Å². The predicted molar refractivity (Wildman–Crippen MR) is 92.1 cm³/mol. The smallest absolute Gasteiger partial charge is 0.185 e. The number of fused-ring (bicyclic) bond motifs is 1. The normalized spacial score (nSPS) is 33.3. The van der Waals surface area contributed by atoms with E-state index in [1.165, 1.54) is 5.57 Å². The zero-order valence-electron chi connectivity index (χ0n) is 14.8. The van der Waals surface area contributed by atoms with Crippen molar-refractivity contribution in [1.29, 1.82) is 0 Å². The molecule has 0 unspecified atom stereocenters. The number of rotatable bonds is 3. The van der Waals surface area contributed by atoms with Crippen LogP contribution in [-0.4, -0.2) is 25.8 Å². The minimum atomic E-state index is -1.83. The lowest BCUT2D eigenvalue weighted by atomic mass is 9.77. The summed E-state index contributed by atoms with van der Waals surface area (Å²) in [7, 11) is -1.83. The highest BCUT2D eigenvalue weighted by Gasteiger charge is 2.57. The standard InChI is InChI=1S/C18H28O3Si/c1-12(2)8-9-16-18(4,21-22(5,6)7)17-14(19)10-13(3)11-15(17)20-16/h8-10,15,17H,11H2,1-7H3/b16-9-/t15-,17+,18-/m1/s1. The highest BCUT2D eigenvalue weighted by molar-refractivity contribution is 6.69. The molecular formula is C18H28O3Si. The quantitative estimate of drug-likeness (QED) is 0.724. The fraction of sp³-hybridized carbons (Fsp3) is 0.611. The van der Waals surface area contributed by atoms with E-state index >= 15 is 0 Å². The molecule has 0 aromatic heterocycles. The van der Waals surface area contributed by atoms with Crippen LogP contribution in [0.3, 0.4) is 0 Å². The van der Waals surface area contributed by atoms with Crippen molar-refractivity contribution in [2.75, 3.05) is 0 Å². The molecule has 1 aliphatic carbocycles. The van der Waals surface area contributed by atoms with Crippen molar-refractivity contribution < 1.29 is 14.0 Å². The molecule has 2 rings (SSSR count). The maximum Gasteiger partial charge on any atom is 0.185 e. The summed E-state index contributed by atoms with van der Waals surface area (Å²) in [5.74, 6) is 0.692. The first kappa shape index (κ1) is 17.2. The summed E-state index contributed by atoms with van der Waals surface area (Å²) in [6, 6.07) is 0. The number of allylic oxidation sites excluding steroid dienone is 4. The van der Waals surface area contributed by atoms with E-state index in [9.17, 15) is 4.79 Å². The molecule has 1 heterocycles. The van der Waals surface area contributed by atoms with Crippen LogP contribution < -0.4 is 0 Å². The third-order valence-corrected chi connectivity index (χ3v) is 5.07. The Bertz CT molecular complexity index is 561. The van der Waals surface area contributed by atoms with Crippen LogP contribution in [0.5, 0.6) is 0 Å². The van der Waals surface area contributed by atoms with Gasteiger partial charge in [0.05, 0.1) is 5.92 Å². The molecular weight excluding hydrogens is 292 g/mol. The lowest BCUT2D eigenvalue weighted by Gasteiger charge is -2.37. The van der Waals surface area contributed by atoms with Gasteiger partial charge in [0, 0.05) is 6.42 Å². The van der Waals surface area contributed by atoms with Crippen LogP contribution in [-0.2, 0) is 14.0 Å². The third kappa shape index (κ3) is 3.44. The second-order valence-corrected chi connectivity index (χ2v) is 12.3. The van der Waals surface area contributed by atoms with Crippen molar-refractivity contribution in [1.82, 2.24) is 0 Å². The maximum absolute atomic E-state index is 12.6. The predicted octanol–water partition coefficient (Wildman–Crippen LogP) is 4.38. The molecule has 0 spiro atoms. The molecule has 0 bridgehead atoms. The number of hydrogen-bond donors (Lipinski definition) is 0. The number of carbonyl (C=O) groups is 1. The van der Waals surface area contributed by atoms with Crippen molar-refractivity contribution in [3.8, 4) is 0 Å². The van der Waals surface area contributed by atoms with Crippen molar-refractivity contribution in [3.05, 3.63) is 35.1 Å². The molecule has 2 aliphatic rings. The summed E-state index contributed by atoms with van der Waals surface area (Å²) >= 11 is 0. The van der Waals surface area contributed by atoms with E-state index in [1.54, 1.807) is 6.08 Å². The molecule has 4 heteroatoms. The first-order valence-corrected chi connectivity index (χ1v) is 11.4. The fourth-order valence-corrected chi connectivity index (χ4v) is 4.88. The third-order valence-electron chi connectivity index (χ3n) is 4.04. The molecule has 3 nitrogen and oxygen atoms in total. The second-order valence-electron chi connectivity index (χ2n) is 7.83. The van der Waals surface area contributed by atoms with Gasteiger partial charge < -0.3 is 9.16 Å². The van der Waals surface area contributed by atoms with Gasteiger partial charge in [-0.25, -0.2) is 0 Å². The van der Waals surface area contributed by atoms with Crippen LogP contribution in [0.25, 0.3) is 0 Å². The monoisotopic (exact) mass is 320 g/mol. The molecule has 0 aromatic carbocycles. The largest absolute Gasteiger partial charge is 0.490 e. The van der Waals surface area contributed by atoms with E-state index in [0.717, 1.165) is 17.8 Å².